The van der Waals surface area contributed by atoms with Gasteiger partial charge in [0.15, 0.2) is 11.5 Å². The van der Waals surface area contributed by atoms with Crippen molar-refractivity contribution in [2.75, 3.05) is 31.5 Å². The van der Waals surface area contributed by atoms with Crippen LogP contribution in [-0.2, 0) is 11.4 Å². The predicted molar refractivity (Wildman–Crippen MR) is 156 cm³/mol. The summed E-state index contributed by atoms with van der Waals surface area (Å²) < 4.78 is 24.5. The van der Waals surface area contributed by atoms with Gasteiger partial charge >= 0.3 is 0 Å². The molecule has 10 nitrogen and oxygen atoms in total. The van der Waals surface area contributed by atoms with E-state index < -0.39 is 6.04 Å². The summed E-state index contributed by atoms with van der Waals surface area (Å²) in [5.41, 5.74) is 3.26. The number of halogens is 1. The maximum absolute atomic E-state index is 13.9. The molecule has 1 amide bonds. The topological polar surface area (TPSA) is 109 Å². The Morgan fingerprint density at radius 3 is 2.51 bits per heavy atom. The number of nitrogens with one attached hydrogen (secondary N) is 2. The summed E-state index contributed by atoms with van der Waals surface area (Å²) in [4.78, 5) is 18.3. The van der Waals surface area contributed by atoms with Crippen molar-refractivity contribution in [3.63, 3.8) is 0 Å². The summed E-state index contributed by atoms with van der Waals surface area (Å²) in [6.07, 6.45) is 1.44. The highest BCUT2D eigenvalue weighted by atomic mass is 35.5. The molecule has 0 radical (unpaired) electrons. The number of methoxy groups -OCH3 is 2. The molecule has 41 heavy (non-hydrogen) atoms. The van der Waals surface area contributed by atoms with Crippen LogP contribution in [0.5, 0.6) is 23.0 Å². The molecule has 0 bridgehead atoms. The van der Waals surface area contributed by atoms with Crippen molar-refractivity contribution in [1.29, 1.82) is 0 Å². The molecule has 3 aromatic carbocycles. The second-order valence-corrected chi connectivity index (χ2v) is 9.56. The largest absolute Gasteiger partial charge is 0.495 e. The Bertz CT molecular complexity index is 1590. The number of carbonyl (C=O) groups is 1. The number of fused-ring (bicyclic) bond motifs is 1. The van der Waals surface area contributed by atoms with Crippen LogP contribution in [0, 0.1) is 0 Å². The number of benzene rings is 3. The molecule has 2 heterocycles. The number of anilines is 2. The first kappa shape index (κ1) is 27.9. The number of hydrogen-bond donors (Lipinski definition) is 2. The number of ether oxygens (including phenoxy) is 4. The molecule has 0 fully saturated rings. The Kier molecular flexibility index (Phi) is 8.30. The molecule has 2 N–H and O–H groups in total. The summed E-state index contributed by atoms with van der Waals surface area (Å²) in [5.74, 6) is 2.09. The average molecular weight is 576 g/mol. The lowest BCUT2D eigenvalue weighted by Crippen LogP contribution is -2.31. The molecule has 0 spiro atoms. The fourth-order valence-corrected chi connectivity index (χ4v) is 4.89. The highest BCUT2D eigenvalue weighted by molar-refractivity contribution is 6.32. The van der Waals surface area contributed by atoms with Crippen molar-refractivity contribution < 1.29 is 23.7 Å². The van der Waals surface area contributed by atoms with Crippen LogP contribution in [0.15, 0.2) is 78.3 Å². The van der Waals surface area contributed by atoms with Gasteiger partial charge in [0.2, 0.25) is 5.95 Å². The van der Waals surface area contributed by atoms with Gasteiger partial charge in [-0.3, -0.25) is 4.79 Å². The highest BCUT2D eigenvalue weighted by Gasteiger charge is 2.34. The highest BCUT2D eigenvalue weighted by Crippen LogP contribution is 2.41. The minimum absolute atomic E-state index is 0.361. The van der Waals surface area contributed by atoms with Crippen LogP contribution in [0.4, 0.5) is 11.6 Å². The maximum atomic E-state index is 13.9. The van der Waals surface area contributed by atoms with E-state index >= 15 is 0 Å². The van der Waals surface area contributed by atoms with E-state index in [4.69, 9.17) is 30.5 Å². The van der Waals surface area contributed by atoms with Gasteiger partial charge in [0.25, 0.3) is 5.91 Å². The van der Waals surface area contributed by atoms with Crippen molar-refractivity contribution in [2.24, 2.45) is 0 Å². The van der Waals surface area contributed by atoms with Crippen LogP contribution in [0.3, 0.4) is 0 Å². The zero-order valence-electron chi connectivity index (χ0n) is 23.1. The number of carbonyl (C=O) groups excluding carboxylic acids is 1. The lowest BCUT2D eigenvalue weighted by molar-refractivity contribution is -0.113. The van der Waals surface area contributed by atoms with E-state index in [1.165, 1.54) is 20.5 Å². The molecule has 5 rings (SSSR count). The molecule has 1 aromatic heterocycles. The van der Waals surface area contributed by atoms with E-state index in [2.05, 4.69) is 20.7 Å². The molecule has 11 heteroatoms. The van der Waals surface area contributed by atoms with Crippen molar-refractivity contribution in [1.82, 2.24) is 14.8 Å². The molecule has 0 unspecified atom stereocenters. The number of amides is 1. The Morgan fingerprint density at radius 2 is 1.78 bits per heavy atom. The Balaban J connectivity index is 1.51. The molecule has 212 valence electrons. The summed E-state index contributed by atoms with van der Waals surface area (Å²) in [5, 5.41) is 10.9. The molecule has 0 saturated heterocycles. The van der Waals surface area contributed by atoms with E-state index in [-0.39, 0.29) is 5.91 Å². The quantitative estimate of drug-likeness (QED) is 0.242. The van der Waals surface area contributed by atoms with E-state index in [1.807, 2.05) is 62.4 Å². The summed E-state index contributed by atoms with van der Waals surface area (Å²) in [6.45, 7) is 4.55. The summed E-state index contributed by atoms with van der Waals surface area (Å²) in [7, 11) is 3.00. The van der Waals surface area contributed by atoms with Gasteiger partial charge in [-0.1, -0.05) is 48.0 Å². The minimum atomic E-state index is -0.615. The van der Waals surface area contributed by atoms with Crippen LogP contribution in [0.2, 0.25) is 5.02 Å². The van der Waals surface area contributed by atoms with Gasteiger partial charge in [0, 0.05) is 17.8 Å². The van der Waals surface area contributed by atoms with Gasteiger partial charge in [-0.05, 0) is 37.1 Å². The first-order valence-electron chi connectivity index (χ1n) is 13.0. The van der Waals surface area contributed by atoms with E-state index in [0.717, 1.165) is 11.1 Å². The maximum Gasteiger partial charge on any atom is 0.255 e. The van der Waals surface area contributed by atoms with Gasteiger partial charge in [0.1, 0.15) is 30.5 Å². The standard InChI is InChI=1S/C30H30ClN5O5/c1-5-40-26-13-20(11-12-23(26)41-16-19-9-7-6-8-10-19)28-27(18(2)34-30-32-17-33-36(28)30)29(37)35-22-15-24(38-3)21(31)14-25(22)39-4/h6-15,17,28H,5,16H2,1-4H3,(H,35,37)(H,32,33,34)/t28-/m1/s1. The molecular weight excluding hydrogens is 546 g/mol. The number of allylic oxidation sites excluding steroid dienone is 1. The SMILES string of the molecule is CCOc1cc([C@@H]2C(C(=O)Nc3cc(OC)c(Cl)cc3OC)=C(C)Nc3ncnn32)ccc1OCc1ccccc1. The number of aromatic nitrogens is 3. The van der Waals surface area contributed by atoms with Gasteiger partial charge in [-0.15, -0.1) is 0 Å². The van der Waals surface area contributed by atoms with Crippen LogP contribution < -0.4 is 29.6 Å². The average Bonchev–Trinajstić information content (AvgIpc) is 3.45. The number of nitrogens with zero attached hydrogens (tertiary/aromatic N) is 3. The lowest BCUT2D eigenvalue weighted by Gasteiger charge is -2.29. The van der Waals surface area contributed by atoms with Crippen LogP contribution in [0.1, 0.15) is 31.0 Å². The molecule has 1 atom stereocenters. The zero-order valence-corrected chi connectivity index (χ0v) is 23.9. The molecule has 4 aromatic rings. The predicted octanol–water partition coefficient (Wildman–Crippen LogP) is 5.85. The smallest absolute Gasteiger partial charge is 0.255 e. The number of hydrogen-bond acceptors (Lipinski definition) is 8. The van der Waals surface area contributed by atoms with Crippen LogP contribution >= 0.6 is 11.6 Å². The third-order valence-corrected chi connectivity index (χ3v) is 6.88. The summed E-state index contributed by atoms with van der Waals surface area (Å²) in [6, 6.07) is 18.1. The third kappa shape index (κ3) is 5.78. The fourth-order valence-electron chi connectivity index (χ4n) is 4.66. The van der Waals surface area contributed by atoms with Gasteiger partial charge in [0.05, 0.1) is 37.1 Å². The monoisotopic (exact) mass is 575 g/mol. The Morgan fingerprint density at radius 1 is 1.00 bits per heavy atom. The van der Waals surface area contributed by atoms with E-state index in [9.17, 15) is 4.79 Å². The van der Waals surface area contributed by atoms with Crippen LogP contribution in [0.25, 0.3) is 0 Å². The third-order valence-electron chi connectivity index (χ3n) is 6.58. The van der Waals surface area contributed by atoms with Crippen molar-refractivity contribution >= 4 is 29.1 Å². The first-order chi connectivity index (χ1) is 19.9. The van der Waals surface area contributed by atoms with Crippen LogP contribution in [-0.4, -0.2) is 41.5 Å². The fraction of sp³-hybridized carbons (Fsp3) is 0.233. The molecule has 1 aliphatic rings. The van der Waals surface area contributed by atoms with Crippen molar-refractivity contribution in [3.05, 3.63) is 94.4 Å². The Hall–Kier alpha value is -4.70. The zero-order chi connectivity index (χ0) is 28.9. The molecular formula is C30H30ClN5O5. The molecule has 1 aliphatic heterocycles. The minimum Gasteiger partial charge on any atom is -0.495 e. The van der Waals surface area contributed by atoms with Gasteiger partial charge < -0.3 is 29.6 Å². The van der Waals surface area contributed by atoms with E-state index in [0.29, 0.717) is 64.1 Å². The van der Waals surface area contributed by atoms with E-state index in [1.54, 1.807) is 16.8 Å². The normalized spacial score (nSPS) is 14.1. The van der Waals surface area contributed by atoms with Gasteiger partial charge in [-0.2, -0.15) is 10.1 Å². The number of rotatable bonds is 10. The summed E-state index contributed by atoms with van der Waals surface area (Å²) >= 11 is 6.27. The van der Waals surface area contributed by atoms with Crippen molar-refractivity contribution in [2.45, 2.75) is 26.5 Å². The second-order valence-electron chi connectivity index (χ2n) is 9.15. The lowest BCUT2D eigenvalue weighted by atomic mass is 9.94. The molecule has 0 saturated carbocycles. The first-order valence-corrected chi connectivity index (χ1v) is 13.3. The Labute approximate surface area is 242 Å². The van der Waals surface area contributed by atoms with Crippen molar-refractivity contribution in [3.8, 4) is 23.0 Å². The molecule has 0 aliphatic carbocycles. The van der Waals surface area contributed by atoms with Gasteiger partial charge in [-0.25, -0.2) is 4.68 Å². The second kappa shape index (κ2) is 12.2.